The van der Waals surface area contributed by atoms with Crippen molar-refractivity contribution in [2.45, 2.75) is 18.1 Å². The maximum absolute atomic E-state index is 13.3. The number of aromatic amines is 1. The quantitative estimate of drug-likeness (QED) is 0.473. The first-order valence-electron chi connectivity index (χ1n) is 9.90. The van der Waals surface area contributed by atoms with E-state index >= 15 is 0 Å². The molecule has 0 atom stereocenters. The van der Waals surface area contributed by atoms with Crippen LogP contribution in [-0.4, -0.2) is 52.9 Å². The van der Waals surface area contributed by atoms with Gasteiger partial charge in [-0.2, -0.15) is 0 Å². The van der Waals surface area contributed by atoms with Crippen LogP contribution >= 0.6 is 0 Å². The number of rotatable bonds is 9. The van der Waals surface area contributed by atoms with E-state index in [1.807, 2.05) is 0 Å². The number of hydrogen-bond donors (Lipinski definition) is 2. The number of anilines is 1. The van der Waals surface area contributed by atoms with Gasteiger partial charge in [-0.15, -0.1) is 0 Å². The maximum Gasteiger partial charge on any atom is 0.264 e. The first-order chi connectivity index (χ1) is 15.3. The van der Waals surface area contributed by atoms with Gasteiger partial charge >= 0.3 is 0 Å². The van der Waals surface area contributed by atoms with Gasteiger partial charge in [-0.05, 0) is 37.3 Å². The lowest BCUT2D eigenvalue weighted by Gasteiger charge is -2.23. The average molecular weight is 460 g/mol. The summed E-state index contributed by atoms with van der Waals surface area (Å²) in [6.45, 7) is 1.98. The molecular weight excluding hydrogens is 434 g/mol. The van der Waals surface area contributed by atoms with Gasteiger partial charge in [-0.25, -0.2) is 8.42 Å². The lowest BCUT2D eigenvalue weighted by Crippen LogP contribution is -2.36. The van der Waals surface area contributed by atoms with E-state index in [0.717, 1.165) is 0 Å². The third-order valence-corrected chi connectivity index (χ3v) is 6.87. The minimum atomic E-state index is -3.93. The highest BCUT2D eigenvalue weighted by molar-refractivity contribution is 7.92. The lowest BCUT2D eigenvalue weighted by atomic mass is 10.1. The van der Waals surface area contributed by atoms with E-state index in [9.17, 15) is 18.0 Å². The first-order valence-corrected chi connectivity index (χ1v) is 11.3. The van der Waals surface area contributed by atoms with Crippen molar-refractivity contribution in [1.29, 1.82) is 0 Å². The Hall–Kier alpha value is -3.21. The number of carbonyl (C=O) groups excluding carboxylic acids is 1. The minimum Gasteiger partial charge on any atom is -0.360 e. The molecule has 0 saturated carbocycles. The molecule has 0 aliphatic rings. The molecular formula is C22H25N3O6S. The van der Waals surface area contributed by atoms with Crippen LogP contribution < -0.4 is 15.1 Å². The first kappa shape index (κ1) is 23.5. The average Bonchev–Trinajstić information content (AvgIpc) is 2.80. The molecule has 1 heterocycles. The van der Waals surface area contributed by atoms with Gasteiger partial charge in [0.05, 0.1) is 17.1 Å². The number of nitrogens with one attached hydrogen (secondary N) is 2. The van der Waals surface area contributed by atoms with Crippen molar-refractivity contribution in [3.63, 3.8) is 0 Å². The van der Waals surface area contributed by atoms with Crippen LogP contribution in [0.15, 0.2) is 64.4 Å². The third kappa shape index (κ3) is 4.67. The van der Waals surface area contributed by atoms with Crippen LogP contribution in [0.5, 0.6) is 0 Å². The van der Waals surface area contributed by atoms with Crippen LogP contribution in [0.3, 0.4) is 0 Å². The van der Waals surface area contributed by atoms with Crippen molar-refractivity contribution in [1.82, 2.24) is 10.3 Å². The zero-order valence-corrected chi connectivity index (χ0v) is 18.8. The number of amides is 1. The summed E-state index contributed by atoms with van der Waals surface area (Å²) >= 11 is 0. The number of benzene rings is 2. The Morgan fingerprint density at radius 1 is 1.12 bits per heavy atom. The summed E-state index contributed by atoms with van der Waals surface area (Å²) in [4.78, 5) is 28.3. The number of pyridine rings is 1. The zero-order chi connectivity index (χ0) is 23.3. The van der Waals surface area contributed by atoms with E-state index in [1.54, 1.807) is 37.3 Å². The Morgan fingerprint density at radius 3 is 2.44 bits per heavy atom. The molecule has 0 unspecified atom stereocenters. The van der Waals surface area contributed by atoms with Gasteiger partial charge in [0.25, 0.3) is 15.9 Å². The summed E-state index contributed by atoms with van der Waals surface area (Å²) in [5.41, 5.74) is 0.207. The number of ether oxygens (including phenoxy) is 2. The van der Waals surface area contributed by atoms with Crippen molar-refractivity contribution >= 4 is 32.5 Å². The molecule has 0 fully saturated rings. The predicted octanol–water partition coefficient (Wildman–Crippen LogP) is 2.09. The number of hydrogen-bond acceptors (Lipinski definition) is 6. The highest BCUT2D eigenvalue weighted by atomic mass is 32.2. The fourth-order valence-electron chi connectivity index (χ4n) is 3.27. The molecule has 2 N–H and O–H groups in total. The smallest absolute Gasteiger partial charge is 0.264 e. The van der Waals surface area contributed by atoms with Gasteiger partial charge in [-0.3, -0.25) is 13.9 Å². The summed E-state index contributed by atoms with van der Waals surface area (Å²) in [6, 6.07) is 12.9. The number of H-pyrrole nitrogens is 1. The van der Waals surface area contributed by atoms with Crippen molar-refractivity contribution in [3.05, 3.63) is 70.5 Å². The molecule has 32 heavy (non-hydrogen) atoms. The number of methoxy groups -OCH3 is 2. The largest absolute Gasteiger partial charge is 0.360 e. The molecule has 10 heteroatoms. The second-order valence-electron chi connectivity index (χ2n) is 6.86. The van der Waals surface area contributed by atoms with Crippen molar-refractivity contribution in [2.75, 3.05) is 31.6 Å². The van der Waals surface area contributed by atoms with Crippen LogP contribution in [-0.2, 0) is 19.5 Å². The summed E-state index contributed by atoms with van der Waals surface area (Å²) in [6.07, 6.45) is 0.638. The van der Waals surface area contributed by atoms with Crippen molar-refractivity contribution < 1.29 is 22.7 Å². The van der Waals surface area contributed by atoms with E-state index in [2.05, 4.69) is 10.3 Å². The molecule has 0 aliphatic carbocycles. The van der Waals surface area contributed by atoms with Crippen LogP contribution in [0.2, 0.25) is 0 Å². The molecule has 0 saturated heterocycles. The molecule has 170 valence electrons. The number of sulfonamides is 1. The van der Waals surface area contributed by atoms with Crippen LogP contribution in [0, 0.1) is 0 Å². The van der Waals surface area contributed by atoms with Gasteiger partial charge in [0.15, 0.2) is 6.29 Å². The normalized spacial score (nSPS) is 11.6. The molecule has 3 rings (SSSR count). The lowest BCUT2D eigenvalue weighted by molar-refractivity contribution is -0.0974. The van der Waals surface area contributed by atoms with Crippen LogP contribution in [0.1, 0.15) is 17.3 Å². The summed E-state index contributed by atoms with van der Waals surface area (Å²) in [5, 5.41) is 2.66. The summed E-state index contributed by atoms with van der Waals surface area (Å²) in [5.74, 6) is -0.625. The van der Waals surface area contributed by atoms with Gasteiger partial charge < -0.3 is 19.8 Å². The van der Waals surface area contributed by atoms with Gasteiger partial charge in [-0.1, -0.05) is 18.2 Å². The fraction of sp³-hybridized carbons (Fsp3) is 0.273. The topological polar surface area (TPSA) is 118 Å². The highest BCUT2D eigenvalue weighted by Crippen LogP contribution is 2.24. The van der Waals surface area contributed by atoms with E-state index in [1.165, 1.54) is 42.9 Å². The van der Waals surface area contributed by atoms with Crippen molar-refractivity contribution in [2.24, 2.45) is 0 Å². The Balaban J connectivity index is 2.00. The molecule has 2 aromatic carbocycles. The zero-order valence-electron chi connectivity index (χ0n) is 18.0. The summed E-state index contributed by atoms with van der Waals surface area (Å²) in [7, 11) is -1.07. The fourth-order valence-corrected chi connectivity index (χ4v) is 4.77. The monoisotopic (exact) mass is 459 g/mol. The second kappa shape index (κ2) is 9.94. The molecule has 1 amide bonds. The number of nitrogens with zero attached hydrogens (tertiary/aromatic N) is 1. The number of carbonyl (C=O) groups is 1. The number of fused-ring (bicyclic) bond motifs is 1. The molecule has 1 aromatic heterocycles. The Morgan fingerprint density at radius 2 is 1.81 bits per heavy atom. The van der Waals surface area contributed by atoms with Gasteiger partial charge in [0.1, 0.15) is 5.56 Å². The van der Waals surface area contributed by atoms with E-state index < -0.39 is 27.6 Å². The Bertz CT molecular complexity index is 1250. The van der Waals surface area contributed by atoms with Crippen LogP contribution in [0.25, 0.3) is 10.9 Å². The molecule has 0 aliphatic heterocycles. The highest BCUT2D eigenvalue weighted by Gasteiger charge is 2.24. The third-order valence-electron chi connectivity index (χ3n) is 4.97. The standard InChI is InChI=1S/C22H25N3O6S/c1-4-25(15-8-6-5-7-9-15)32(28,29)16-10-11-19-17(12-16)21(26)18(13-23-19)22(27)24-14-20(30-2)31-3/h5-13,20H,4,14H2,1-3H3,(H,23,26)(H,24,27). The molecule has 3 aromatic rings. The van der Waals surface area contributed by atoms with E-state index in [-0.39, 0.29) is 28.9 Å². The van der Waals surface area contributed by atoms with Crippen molar-refractivity contribution in [3.8, 4) is 0 Å². The molecule has 0 bridgehead atoms. The van der Waals surface area contributed by atoms with E-state index in [0.29, 0.717) is 11.2 Å². The minimum absolute atomic E-state index is 0.0419. The number of para-hydroxylation sites is 1. The summed E-state index contributed by atoms with van der Waals surface area (Å²) < 4.78 is 37.9. The Kier molecular flexibility index (Phi) is 7.29. The van der Waals surface area contributed by atoms with E-state index in [4.69, 9.17) is 9.47 Å². The molecule has 0 spiro atoms. The second-order valence-corrected chi connectivity index (χ2v) is 8.72. The predicted molar refractivity (Wildman–Crippen MR) is 121 cm³/mol. The van der Waals surface area contributed by atoms with Crippen LogP contribution in [0.4, 0.5) is 5.69 Å². The Labute approximate surface area is 186 Å². The van der Waals surface area contributed by atoms with Gasteiger partial charge in [0, 0.05) is 37.9 Å². The van der Waals surface area contributed by atoms with Gasteiger partial charge in [0.2, 0.25) is 5.43 Å². The SMILES string of the molecule is CCN(c1ccccc1)S(=O)(=O)c1ccc2[nH]cc(C(=O)NCC(OC)OC)c(=O)c2c1. The molecule has 9 nitrogen and oxygen atoms in total. The number of aromatic nitrogens is 1. The maximum atomic E-state index is 13.3. The molecule has 0 radical (unpaired) electrons.